The molecule has 0 aromatic carbocycles. The highest BCUT2D eigenvalue weighted by Gasteiger charge is 2.19. The molecule has 20 heavy (non-hydrogen) atoms. The summed E-state index contributed by atoms with van der Waals surface area (Å²) in [5.74, 6) is 1.03. The summed E-state index contributed by atoms with van der Waals surface area (Å²) in [7, 11) is 1.78. The Morgan fingerprint density at radius 1 is 1.40 bits per heavy atom. The van der Waals surface area contributed by atoms with E-state index in [9.17, 15) is 0 Å². The van der Waals surface area contributed by atoms with Crippen molar-refractivity contribution in [3.05, 3.63) is 11.9 Å². The topological polar surface area (TPSA) is 39.1 Å². The maximum Gasteiger partial charge on any atom is 0.203 e. The highest BCUT2D eigenvalue weighted by atomic mass is 16.5. The van der Waals surface area contributed by atoms with Crippen LogP contribution in [0.25, 0.3) is 0 Å². The lowest BCUT2D eigenvalue weighted by molar-refractivity contribution is 0.151. The van der Waals surface area contributed by atoms with Gasteiger partial charge in [-0.05, 0) is 26.2 Å². The molecule has 0 aliphatic heterocycles. The molecule has 1 fully saturated rings. The zero-order valence-electron chi connectivity index (χ0n) is 13.2. The highest BCUT2D eigenvalue weighted by molar-refractivity contribution is 5.31. The number of nitrogens with one attached hydrogen (secondary N) is 1. The van der Waals surface area contributed by atoms with E-state index in [4.69, 9.17) is 4.74 Å². The smallest absolute Gasteiger partial charge is 0.203 e. The molecule has 1 aromatic heterocycles. The van der Waals surface area contributed by atoms with E-state index < -0.39 is 0 Å². The van der Waals surface area contributed by atoms with Gasteiger partial charge in [0.15, 0.2) is 0 Å². The Kier molecular flexibility index (Phi) is 5.89. The van der Waals surface area contributed by atoms with Crippen molar-refractivity contribution in [2.24, 2.45) is 0 Å². The third-order valence-electron chi connectivity index (χ3n) is 4.17. The molecule has 4 heteroatoms. The number of ether oxygens (including phenoxy) is 1. The molecular weight excluding hydrogens is 250 g/mol. The quantitative estimate of drug-likeness (QED) is 0.822. The van der Waals surface area contributed by atoms with Crippen molar-refractivity contribution in [3.8, 4) is 0 Å². The fourth-order valence-corrected chi connectivity index (χ4v) is 3.16. The first-order valence-corrected chi connectivity index (χ1v) is 8.05. The molecule has 0 bridgehead atoms. The van der Waals surface area contributed by atoms with E-state index in [1.807, 2.05) is 0 Å². The van der Waals surface area contributed by atoms with Crippen LogP contribution in [0.1, 0.15) is 63.6 Å². The molecule has 0 saturated heterocycles. The molecule has 1 aromatic rings. The molecular formula is C16H29N3O. The van der Waals surface area contributed by atoms with E-state index in [0.717, 1.165) is 31.1 Å². The minimum absolute atomic E-state index is 0.386. The van der Waals surface area contributed by atoms with Gasteiger partial charge in [0.05, 0.1) is 18.3 Å². The largest absolute Gasteiger partial charge is 0.383 e. The molecule has 1 N–H and O–H groups in total. The van der Waals surface area contributed by atoms with Crippen LogP contribution in [-0.4, -0.2) is 29.3 Å². The monoisotopic (exact) mass is 279 g/mol. The van der Waals surface area contributed by atoms with Crippen LogP contribution in [0.2, 0.25) is 0 Å². The first-order valence-electron chi connectivity index (χ1n) is 8.05. The number of aromatic nitrogens is 2. The summed E-state index contributed by atoms with van der Waals surface area (Å²) in [6.45, 7) is 5.04. The number of aryl methyl sites for hydroxylation is 1. The van der Waals surface area contributed by atoms with E-state index in [0.29, 0.717) is 12.1 Å². The van der Waals surface area contributed by atoms with Crippen molar-refractivity contribution >= 4 is 5.95 Å². The number of nitrogens with zero attached hydrogens (tertiary/aromatic N) is 2. The van der Waals surface area contributed by atoms with Crippen molar-refractivity contribution in [1.82, 2.24) is 9.55 Å². The minimum atomic E-state index is 0.386. The Bertz CT molecular complexity index is 390. The van der Waals surface area contributed by atoms with Gasteiger partial charge in [0, 0.05) is 19.3 Å². The van der Waals surface area contributed by atoms with Crippen LogP contribution >= 0.6 is 0 Å². The summed E-state index contributed by atoms with van der Waals surface area (Å²) in [5, 5.41) is 3.66. The van der Waals surface area contributed by atoms with Crippen molar-refractivity contribution in [2.75, 3.05) is 19.0 Å². The lowest BCUT2D eigenvalue weighted by Crippen LogP contribution is -2.26. The number of hydrogen-bond donors (Lipinski definition) is 1. The molecule has 1 aliphatic rings. The van der Waals surface area contributed by atoms with Gasteiger partial charge in [0.1, 0.15) is 0 Å². The zero-order valence-corrected chi connectivity index (χ0v) is 13.2. The van der Waals surface area contributed by atoms with Gasteiger partial charge in [-0.3, -0.25) is 0 Å². The second-order valence-corrected chi connectivity index (χ2v) is 5.99. The van der Waals surface area contributed by atoms with Crippen molar-refractivity contribution in [1.29, 1.82) is 0 Å². The van der Waals surface area contributed by atoms with Crippen LogP contribution in [0.5, 0.6) is 0 Å². The van der Waals surface area contributed by atoms with Gasteiger partial charge in [-0.2, -0.15) is 0 Å². The second-order valence-electron chi connectivity index (χ2n) is 5.99. The SMILES string of the molecule is CCCC(COC)n1cc(C)nc1NC1CCCCC1. The van der Waals surface area contributed by atoms with Crippen LogP contribution < -0.4 is 5.32 Å². The molecule has 114 valence electrons. The predicted octanol–water partition coefficient (Wildman–Crippen LogP) is 3.92. The van der Waals surface area contributed by atoms with Gasteiger partial charge in [0.25, 0.3) is 0 Å². The molecule has 1 unspecified atom stereocenters. The molecule has 0 spiro atoms. The Balaban J connectivity index is 2.10. The van der Waals surface area contributed by atoms with Crippen molar-refractivity contribution < 1.29 is 4.74 Å². The van der Waals surface area contributed by atoms with E-state index in [1.165, 1.54) is 32.1 Å². The summed E-state index contributed by atoms with van der Waals surface area (Å²) >= 11 is 0. The summed E-state index contributed by atoms with van der Waals surface area (Å²) in [6.07, 6.45) is 11.1. The normalized spacial score (nSPS) is 18.1. The number of rotatable bonds is 7. The van der Waals surface area contributed by atoms with E-state index in [2.05, 4.69) is 34.9 Å². The first kappa shape index (κ1) is 15.4. The maximum atomic E-state index is 5.39. The average molecular weight is 279 g/mol. The van der Waals surface area contributed by atoms with Crippen molar-refractivity contribution in [2.45, 2.75) is 70.9 Å². The molecule has 2 rings (SSSR count). The highest BCUT2D eigenvalue weighted by Crippen LogP contribution is 2.25. The minimum Gasteiger partial charge on any atom is -0.383 e. The van der Waals surface area contributed by atoms with Crippen LogP contribution in [0, 0.1) is 6.92 Å². The number of anilines is 1. The van der Waals surface area contributed by atoms with E-state index >= 15 is 0 Å². The van der Waals surface area contributed by atoms with Gasteiger partial charge >= 0.3 is 0 Å². The van der Waals surface area contributed by atoms with E-state index in [1.54, 1.807) is 7.11 Å². The third-order valence-corrected chi connectivity index (χ3v) is 4.17. The molecule has 1 atom stereocenters. The van der Waals surface area contributed by atoms with Crippen molar-refractivity contribution in [3.63, 3.8) is 0 Å². The van der Waals surface area contributed by atoms with Gasteiger partial charge in [-0.25, -0.2) is 4.98 Å². The predicted molar refractivity (Wildman–Crippen MR) is 83.3 cm³/mol. The summed E-state index contributed by atoms with van der Waals surface area (Å²) in [5.41, 5.74) is 1.08. The Labute approximate surface area is 122 Å². The van der Waals surface area contributed by atoms with Gasteiger partial charge in [-0.15, -0.1) is 0 Å². The molecule has 1 heterocycles. The lowest BCUT2D eigenvalue weighted by atomic mass is 9.96. The standard InChI is InChI=1S/C16H29N3O/c1-4-8-15(12-20-3)19-11-13(2)17-16(19)18-14-9-6-5-7-10-14/h11,14-15H,4-10,12H2,1-3H3,(H,17,18). The van der Waals surface area contributed by atoms with Crippen LogP contribution in [0.4, 0.5) is 5.95 Å². The lowest BCUT2D eigenvalue weighted by Gasteiger charge is -2.26. The Morgan fingerprint density at radius 3 is 2.80 bits per heavy atom. The van der Waals surface area contributed by atoms with E-state index in [-0.39, 0.29) is 0 Å². The summed E-state index contributed by atoms with van der Waals surface area (Å²) in [6, 6.07) is 0.978. The van der Waals surface area contributed by atoms with Gasteiger partial charge in [-0.1, -0.05) is 32.6 Å². The Hall–Kier alpha value is -1.03. The fraction of sp³-hybridized carbons (Fsp3) is 0.812. The third kappa shape index (κ3) is 3.98. The van der Waals surface area contributed by atoms with Crippen LogP contribution in [0.15, 0.2) is 6.20 Å². The molecule has 4 nitrogen and oxygen atoms in total. The average Bonchev–Trinajstić information content (AvgIpc) is 2.80. The second kappa shape index (κ2) is 7.67. The zero-order chi connectivity index (χ0) is 14.4. The molecule has 0 radical (unpaired) electrons. The molecule has 1 aliphatic carbocycles. The fourth-order valence-electron chi connectivity index (χ4n) is 3.16. The maximum absolute atomic E-state index is 5.39. The molecule has 1 saturated carbocycles. The van der Waals surface area contributed by atoms with Crippen LogP contribution in [0.3, 0.4) is 0 Å². The first-order chi connectivity index (χ1) is 9.74. The van der Waals surface area contributed by atoms with Gasteiger partial charge in [0.2, 0.25) is 5.95 Å². The summed E-state index contributed by atoms with van der Waals surface area (Å²) < 4.78 is 7.68. The van der Waals surface area contributed by atoms with Crippen LogP contribution in [-0.2, 0) is 4.74 Å². The number of imidazole rings is 1. The number of methoxy groups -OCH3 is 1. The summed E-state index contributed by atoms with van der Waals surface area (Å²) in [4.78, 5) is 4.69. The van der Waals surface area contributed by atoms with Gasteiger partial charge < -0.3 is 14.6 Å². The molecule has 0 amide bonds. The Morgan fingerprint density at radius 2 is 2.15 bits per heavy atom. The number of hydrogen-bond acceptors (Lipinski definition) is 3.